The highest BCUT2D eigenvalue weighted by molar-refractivity contribution is 5.37. The van der Waals surface area contributed by atoms with E-state index in [9.17, 15) is 4.79 Å². The van der Waals surface area contributed by atoms with Gasteiger partial charge in [0.2, 0.25) is 0 Å². The van der Waals surface area contributed by atoms with E-state index in [0.717, 1.165) is 19.3 Å². The van der Waals surface area contributed by atoms with Crippen LogP contribution in [0.3, 0.4) is 0 Å². The van der Waals surface area contributed by atoms with Crippen molar-refractivity contribution in [1.29, 1.82) is 0 Å². The molecule has 0 N–H and O–H groups in total. The van der Waals surface area contributed by atoms with Gasteiger partial charge in [0.15, 0.2) is 0 Å². The van der Waals surface area contributed by atoms with E-state index in [2.05, 4.69) is 11.3 Å². The Hall–Kier alpha value is -0.790. The van der Waals surface area contributed by atoms with Crippen LogP contribution in [0, 0.1) is 0 Å². The van der Waals surface area contributed by atoms with Gasteiger partial charge in [0.05, 0.1) is 6.61 Å². The number of rotatable bonds is 8. The van der Waals surface area contributed by atoms with Gasteiger partial charge in [-0.05, 0) is 19.3 Å². The Labute approximate surface area is 68.2 Å². The first-order chi connectivity index (χ1) is 5.41. The Bertz CT molecular complexity index is 87.7. The van der Waals surface area contributed by atoms with Gasteiger partial charge in [-0.2, -0.15) is 0 Å². The van der Waals surface area contributed by atoms with Gasteiger partial charge in [0.1, 0.15) is 0 Å². The zero-order chi connectivity index (χ0) is 8.36. The Kier molecular flexibility index (Phi) is 8.55. The fourth-order valence-corrected chi connectivity index (χ4v) is 0.858. The molecule has 0 aliphatic rings. The van der Waals surface area contributed by atoms with Crippen LogP contribution in [-0.2, 0) is 9.53 Å². The Morgan fingerprint density at radius 2 is 2.00 bits per heavy atom. The molecule has 11 heavy (non-hydrogen) atoms. The topological polar surface area (TPSA) is 26.3 Å². The first-order valence-electron chi connectivity index (χ1n) is 4.01. The van der Waals surface area contributed by atoms with Crippen molar-refractivity contribution in [3.05, 3.63) is 12.7 Å². The molecule has 0 rings (SSSR count). The first kappa shape index (κ1) is 10.2. The lowest BCUT2D eigenvalue weighted by Gasteiger charge is -1.97. The lowest BCUT2D eigenvalue weighted by molar-refractivity contribution is 0.269. The third kappa shape index (κ3) is 9.21. The molecule has 0 spiro atoms. The molecule has 0 heterocycles. The highest BCUT2D eigenvalue weighted by Gasteiger charge is 1.88. The van der Waals surface area contributed by atoms with E-state index in [0.29, 0.717) is 6.61 Å². The highest BCUT2D eigenvalue weighted by Crippen LogP contribution is 2.02. The lowest BCUT2D eigenvalue weighted by Crippen LogP contribution is -1.90. The van der Waals surface area contributed by atoms with Crippen molar-refractivity contribution in [3.63, 3.8) is 0 Å². The monoisotopic (exact) mass is 155 g/mol. The standard InChI is InChI=1S/C9H15O2/c1-2-3-4-5-6-7-8-11-9-10/h2H,1,3-8H2. The van der Waals surface area contributed by atoms with E-state index >= 15 is 0 Å². The average molecular weight is 155 g/mol. The van der Waals surface area contributed by atoms with Crippen molar-refractivity contribution < 1.29 is 9.53 Å². The Morgan fingerprint density at radius 3 is 2.64 bits per heavy atom. The molecule has 0 fully saturated rings. The predicted molar refractivity (Wildman–Crippen MR) is 44.9 cm³/mol. The fraction of sp³-hybridized carbons (Fsp3) is 0.667. The van der Waals surface area contributed by atoms with Gasteiger partial charge in [0, 0.05) is 0 Å². The van der Waals surface area contributed by atoms with Crippen LogP contribution in [0.2, 0.25) is 0 Å². The third-order valence-electron chi connectivity index (χ3n) is 1.46. The van der Waals surface area contributed by atoms with Crippen molar-refractivity contribution in [2.45, 2.75) is 32.1 Å². The summed E-state index contributed by atoms with van der Waals surface area (Å²) in [4.78, 5) is 9.58. The number of allylic oxidation sites excluding steroid dienone is 1. The smallest absolute Gasteiger partial charge is 0.417 e. The van der Waals surface area contributed by atoms with E-state index in [-0.39, 0.29) is 0 Å². The van der Waals surface area contributed by atoms with E-state index in [4.69, 9.17) is 0 Å². The zero-order valence-corrected chi connectivity index (χ0v) is 6.84. The van der Waals surface area contributed by atoms with E-state index < -0.39 is 0 Å². The number of carbonyl (C=O) groups excluding carboxylic acids is 1. The van der Waals surface area contributed by atoms with Gasteiger partial charge < -0.3 is 4.74 Å². The molecule has 0 aliphatic carbocycles. The minimum Gasteiger partial charge on any atom is -0.457 e. The highest BCUT2D eigenvalue weighted by atomic mass is 16.5. The quantitative estimate of drug-likeness (QED) is 0.397. The molecule has 0 aliphatic heterocycles. The second-order valence-corrected chi connectivity index (χ2v) is 2.42. The minimum atomic E-state index is 0.511. The molecule has 0 aromatic carbocycles. The largest absolute Gasteiger partial charge is 0.457 e. The molecule has 0 saturated heterocycles. The summed E-state index contributed by atoms with van der Waals surface area (Å²) >= 11 is 0. The average Bonchev–Trinajstić information content (AvgIpc) is 2.03. The van der Waals surface area contributed by atoms with Crippen LogP contribution in [0.4, 0.5) is 0 Å². The summed E-state index contributed by atoms with van der Waals surface area (Å²) in [5.74, 6) is 0. The number of hydrogen-bond acceptors (Lipinski definition) is 2. The fourth-order valence-electron chi connectivity index (χ4n) is 0.858. The molecule has 0 unspecified atom stereocenters. The van der Waals surface area contributed by atoms with E-state index in [1.165, 1.54) is 19.3 Å². The second kappa shape index (κ2) is 9.21. The van der Waals surface area contributed by atoms with Crippen molar-refractivity contribution in [1.82, 2.24) is 0 Å². The summed E-state index contributed by atoms with van der Waals surface area (Å²) in [7, 11) is 0. The van der Waals surface area contributed by atoms with Crippen LogP contribution in [0.1, 0.15) is 32.1 Å². The van der Waals surface area contributed by atoms with Gasteiger partial charge >= 0.3 is 6.47 Å². The maximum absolute atomic E-state index is 9.58. The summed E-state index contributed by atoms with van der Waals surface area (Å²) < 4.78 is 4.41. The van der Waals surface area contributed by atoms with Crippen LogP contribution >= 0.6 is 0 Å². The Balaban J connectivity index is 2.79. The number of ether oxygens (including phenoxy) is 1. The van der Waals surface area contributed by atoms with Crippen LogP contribution in [0.15, 0.2) is 12.7 Å². The molecule has 0 saturated carbocycles. The van der Waals surface area contributed by atoms with Gasteiger partial charge in [-0.15, -0.1) is 6.58 Å². The van der Waals surface area contributed by atoms with Gasteiger partial charge in [-0.1, -0.05) is 18.9 Å². The van der Waals surface area contributed by atoms with Crippen LogP contribution < -0.4 is 0 Å². The number of hydrogen-bond donors (Lipinski definition) is 0. The molecular weight excluding hydrogens is 140 g/mol. The van der Waals surface area contributed by atoms with Gasteiger partial charge in [0.25, 0.3) is 0 Å². The predicted octanol–water partition coefficient (Wildman–Crippen LogP) is 2.21. The molecule has 2 nitrogen and oxygen atoms in total. The van der Waals surface area contributed by atoms with Crippen molar-refractivity contribution >= 4 is 6.47 Å². The molecule has 63 valence electrons. The minimum absolute atomic E-state index is 0.511. The van der Waals surface area contributed by atoms with E-state index in [1.807, 2.05) is 6.08 Å². The maximum Gasteiger partial charge on any atom is 0.417 e. The van der Waals surface area contributed by atoms with E-state index in [1.54, 1.807) is 0 Å². The Morgan fingerprint density at radius 1 is 1.27 bits per heavy atom. The normalized spacial score (nSPS) is 9.09. The van der Waals surface area contributed by atoms with Crippen LogP contribution in [-0.4, -0.2) is 13.1 Å². The van der Waals surface area contributed by atoms with Gasteiger partial charge in [-0.3, -0.25) is 0 Å². The third-order valence-corrected chi connectivity index (χ3v) is 1.46. The van der Waals surface area contributed by atoms with Gasteiger partial charge in [-0.25, -0.2) is 4.79 Å². The SMILES string of the molecule is C=CCCCCCCO[C]=O. The van der Waals surface area contributed by atoms with Crippen molar-refractivity contribution in [3.8, 4) is 0 Å². The molecule has 0 amide bonds. The molecule has 0 atom stereocenters. The summed E-state index contributed by atoms with van der Waals surface area (Å²) in [6.45, 7) is 5.55. The first-order valence-corrected chi connectivity index (χ1v) is 4.01. The molecule has 1 radical (unpaired) electrons. The molecule has 0 bridgehead atoms. The van der Waals surface area contributed by atoms with Crippen molar-refractivity contribution in [2.24, 2.45) is 0 Å². The lowest BCUT2D eigenvalue weighted by atomic mass is 10.1. The van der Waals surface area contributed by atoms with Crippen LogP contribution in [0.25, 0.3) is 0 Å². The molecular formula is C9H15O2. The maximum atomic E-state index is 9.58. The molecule has 2 heteroatoms. The summed E-state index contributed by atoms with van der Waals surface area (Å²) in [6.07, 6.45) is 7.46. The molecule has 0 aromatic heterocycles. The molecule has 0 aromatic rings. The summed E-state index contributed by atoms with van der Waals surface area (Å²) in [5, 5.41) is 0. The van der Waals surface area contributed by atoms with Crippen LogP contribution in [0.5, 0.6) is 0 Å². The zero-order valence-electron chi connectivity index (χ0n) is 6.84. The summed E-state index contributed by atoms with van der Waals surface area (Å²) in [6, 6.07) is 0. The van der Waals surface area contributed by atoms with Crippen molar-refractivity contribution in [2.75, 3.05) is 6.61 Å². The number of unbranched alkanes of at least 4 members (excludes halogenated alkanes) is 4. The summed E-state index contributed by atoms with van der Waals surface area (Å²) in [5.41, 5.74) is 0. The second-order valence-electron chi connectivity index (χ2n) is 2.42.